The third-order valence-corrected chi connectivity index (χ3v) is 2.48. The Balaban J connectivity index is 2.44. The van der Waals surface area contributed by atoms with Crippen molar-refractivity contribution >= 4 is 29.2 Å². The van der Waals surface area contributed by atoms with E-state index in [2.05, 4.69) is 15.4 Å². The van der Waals surface area contributed by atoms with Gasteiger partial charge >= 0.3 is 0 Å². The summed E-state index contributed by atoms with van der Waals surface area (Å²) in [6, 6.07) is 5.26. The molecule has 0 bridgehead atoms. The number of anilines is 1. The van der Waals surface area contributed by atoms with E-state index in [1.54, 1.807) is 18.3 Å². The number of aromatic nitrogens is 2. The molecule has 1 aromatic carbocycles. The molecule has 0 aliphatic rings. The van der Waals surface area contributed by atoms with Gasteiger partial charge in [0.15, 0.2) is 0 Å². The summed E-state index contributed by atoms with van der Waals surface area (Å²) in [6.07, 6.45) is 1.64. The number of aromatic amines is 1. The molecule has 2 aromatic rings. The van der Waals surface area contributed by atoms with E-state index in [1.807, 2.05) is 6.07 Å². The van der Waals surface area contributed by atoms with Gasteiger partial charge in [0.05, 0.1) is 16.9 Å². The molecule has 1 aromatic heterocycles. The molecule has 0 aliphatic heterocycles. The maximum absolute atomic E-state index is 6.03. The van der Waals surface area contributed by atoms with Crippen molar-refractivity contribution in [2.75, 3.05) is 5.43 Å². The first-order valence-corrected chi connectivity index (χ1v) is 4.93. The minimum Gasteiger partial charge on any atom is -0.323 e. The van der Waals surface area contributed by atoms with Crippen LogP contribution in [0.15, 0.2) is 24.4 Å². The Morgan fingerprint density at radius 1 is 1.33 bits per heavy atom. The van der Waals surface area contributed by atoms with Crippen molar-refractivity contribution in [3.8, 4) is 11.3 Å². The molecule has 0 fully saturated rings. The summed E-state index contributed by atoms with van der Waals surface area (Å²) < 4.78 is 0. The molecule has 1 heterocycles. The summed E-state index contributed by atoms with van der Waals surface area (Å²) in [5, 5.41) is 1.16. The van der Waals surface area contributed by atoms with Gasteiger partial charge in [0.1, 0.15) is 0 Å². The zero-order valence-corrected chi connectivity index (χ0v) is 9.10. The van der Waals surface area contributed by atoms with Gasteiger partial charge in [0.25, 0.3) is 0 Å². The maximum atomic E-state index is 6.03. The highest BCUT2D eigenvalue weighted by molar-refractivity contribution is 6.36. The van der Waals surface area contributed by atoms with Crippen molar-refractivity contribution in [3.63, 3.8) is 0 Å². The van der Waals surface area contributed by atoms with Crippen LogP contribution in [-0.2, 0) is 0 Å². The molecule has 15 heavy (non-hydrogen) atoms. The quantitative estimate of drug-likeness (QED) is 0.561. The van der Waals surface area contributed by atoms with Crippen LogP contribution in [0, 0.1) is 0 Å². The summed E-state index contributed by atoms with van der Waals surface area (Å²) in [7, 11) is 0. The predicted molar refractivity (Wildman–Crippen MR) is 61.9 cm³/mol. The zero-order chi connectivity index (χ0) is 10.8. The Hall–Kier alpha value is -1.23. The van der Waals surface area contributed by atoms with Crippen LogP contribution < -0.4 is 11.3 Å². The predicted octanol–water partition coefficient (Wildman–Crippen LogP) is 2.67. The van der Waals surface area contributed by atoms with E-state index in [-0.39, 0.29) is 0 Å². The van der Waals surface area contributed by atoms with Gasteiger partial charge in [0, 0.05) is 10.6 Å². The number of nitrogen functional groups attached to an aromatic ring is 1. The molecule has 0 saturated heterocycles. The fourth-order valence-corrected chi connectivity index (χ4v) is 1.75. The molecule has 2 rings (SSSR count). The van der Waals surface area contributed by atoms with Crippen LogP contribution in [0.3, 0.4) is 0 Å². The van der Waals surface area contributed by atoms with Crippen molar-refractivity contribution < 1.29 is 0 Å². The summed E-state index contributed by atoms with van der Waals surface area (Å²) in [5.41, 5.74) is 4.02. The maximum Gasteiger partial charge on any atom is 0.215 e. The minimum atomic E-state index is 0.482. The van der Waals surface area contributed by atoms with Crippen molar-refractivity contribution in [3.05, 3.63) is 34.4 Å². The summed E-state index contributed by atoms with van der Waals surface area (Å²) in [6.45, 7) is 0. The molecule has 0 saturated carbocycles. The van der Waals surface area contributed by atoms with E-state index in [9.17, 15) is 0 Å². The SMILES string of the molecule is NNc1ncc(-c2ccc(Cl)cc2Cl)[nH]1. The number of hydrogen-bond donors (Lipinski definition) is 3. The number of H-pyrrole nitrogens is 1. The second-order valence-electron chi connectivity index (χ2n) is 2.91. The fourth-order valence-electron chi connectivity index (χ4n) is 1.24. The van der Waals surface area contributed by atoms with Gasteiger partial charge in [-0.15, -0.1) is 0 Å². The number of hydrazine groups is 1. The molecule has 0 amide bonds. The van der Waals surface area contributed by atoms with Gasteiger partial charge < -0.3 is 4.98 Å². The fraction of sp³-hybridized carbons (Fsp3) is 0. The Labute approximate surface area is 96.4 Å². The van der Waals surface area contributed by atoms with Crippen LogP contribution in [0.4, 0.5) is 5.95 Å². The van der Waals surface area contributed by atoms with Crippen molar-refractivity contribution in [1.82, 2.24) is 9.97 Å². The summed E-state index contributed by atoms with van der Waals surface area (Å²) >= 11 is 11.8. The van der Waals surface area contributed by atoms with Crippen LogP contribution in [0.25, 0.3) is 11.3 Å². The lowest BCUT2D eigenvalue weighted by Gasteiger charge is -2.01. The molecule has 0 spiro atoms. The second-order valence-corrected chi connectivity index (χ2v) is 3.76. The number of benzene rings is 1. The smallest absolute Gasteiger partial charge is 0.215 e. The van der Waals surface area contributed by atoms with Gasteiger partial charge in [-0.3, -0.25) is 5.43 Å². The highest BCUT2D eigenvalue weighted by atomic mass is 35.5. The Kier molecular flexibility index (Phi) is 2.81. The topological polar surface area (TPSA) is 66.7 Å². The first kappa shape index (κ1) is 10.3. The lowest BCUT2D eigenvalue weighted by molar-refractivity contribution is 1.20. The number of hydrogen-bond acceptors (Lipinski definition) is 3. The van der Waals surface area contributed by atoms with Crippen molar-refractivity contribution in [2.24, 2.45) is 5.84 Å². The Bertz CT molecular complexity index is 481. The molecule has 0 radical (unpaired) electrons. The highest BCUT2D eigenvalue weighted by Gasteiger charge is 2.06. The van der Waals surface area contributed by atoms with E-state index in [1.165, 1.54) is 0 Å². The van der Waals surface area contributed by atoms with Gasteiger partial charge in [-0.25, -0.2) is 10.8 Å². The van der Waals surface area contributed by atoms with E-state index < -0.39 is 0 Å². The first-order chi connectivity index (χ1) is 7.20. The number of rotatable bonds is 2. The van der Waals surface area contributed by atoms with Crippen LogP contribution in [-0.4, -0.2) is 9.97 Å². The molecule has 6 heteroatoms. The summed E-state index contributed by atoms with van der Waals surface area (Å²) in [5.74, 6) is 5.69. The molecule has 0 unspecified atom stereocenters. The summed E-state index contributed by atoms with van der Waals surface area (Å²) in [4.78, 5) is 6.96. The van der Waals surface area contributed by atoms with E-state index in [0.717, 1.165) is 11.3 Å². The molecule has 0 aliphatic carbocycles. The van der Waals surface area contributed by atoms with Crippen molar-refractivity contribution in [2.45, 2.75) is 0 Å². The standard InChI is InChI=1S/C9H8Cl2N4/c10-5-1-2-6(7(11)3-5)8-4-13-9(14-8)15-12/h1-4H,12H2,(H2,13,14,15). The number of nitrogens with one attached hydrogen (secondary N) is 2. The monoisotopic (exact) mass is 242 g/mol. The van der Waals surface area contributed by atoms with Crippen LogP contribution >= 0.6 is 23.2 Å². The lowest BCUT2D eigenvalue weighted by atomic mass is 10.2. The van der Waals surface area contributed by atoms with Crippen molar-refractivity contribution in [1.29, 1.82) is 0 Å². The van der Waals surface area contributed by atoms with Gasteiger partial charge in [0.2, 0.25) is 5.95 Å². The Morgan fingerprint density at radius 2 is 2.13 bits per heavy atom. The molecule has 78 valence electrons. The van der Waals surface area contributed by atoms with Gasteiger partial charge in [-0.1, -0.05) is 23.2 Å². The molecule has 0 atom stereocenters. The molecule has 4 N–H and O–H groups in total. The third-order valence-electron chi connectivity index (χ3n) is 1.93. The average Bonchev–Trinajstić information content (AvgIpc) is 2.66. The highest BCUT2D eigenvalue weighted by Crippen LogP contribution is 2.29. The van der Waals surface area contributed by atoms with Gasteiger partial charge in [-0.2, -0.15) is 0 Å². The Morgan fingerprint density at radius 3 is 2.73 bits per heavy atom. The van der Waals surface area contributed by atoms with E-state index >= 15 is 0 Å². The van der Waals surface area contributed by atoms with Crippen LogP contribution in [0.2, 0.25) is 10.0 Å². The average molecular weight is 243 g/mol. The molecule has 4 nitrogen and oxygen atoms in total. The molecular weight excluding hydrogens is 235 g/mol. The first-order valence-electron chi connectivity index (χ1n) is 4.18. The lowest BCUT2D eigenvalue weighted by Crippen LogP contribution is -2.07. The van der Waals surface area contributed by atoms with Crippen LogP contribution in [0.1, 0.15) is 0 Å². The zero-order valence-electron chi connectivity index (χ0n) is 7.59. The number of imidazole rings is 1. The second kappa shape index (κ2) is 4.10. The number of halogens is 2. The third kappa shape index (κ3) is 2.07. The van der Waals surface area contributed by atoms with E-state index in [4.69, 9.17) is 29.0 Å². The largest absolute Gasteiger partial charge is 0.323 e. The normalized spacial score (nSPS) is 10.3. The number of nitrogens with zero attached hydrogens (tertiary/aromatic N) is 1. The molecular formula is C9H8Cl2N4. The number of nitrogens with two attached hydrogens (primary N) is 1. The van der Waals surface area contributed by atoms with Crippen LogP contribution in [0.5, 0.6) is 0 Å². The minimum absolute atomic E-state index is 0.482. The van der Waals surface area contributed by atoms with Gasteiger partial charge in [-0.05, 0) is 18.2 Å². The van der Waals surface area contributed by atoms with E-state index in [0.29, 0.717) is 16.0 Å².